The number of carbonyl (C=O) groups excluding carboxylic acids is 1. The molecule has 0 aromatic heterocycles. The summed E-state index contributed by atoms with van der Waals surface area (Å²) >= 11 is 5.53. The molecule has 1 atom stereocenters. The Morgan fingerprint density at radius 2 is 2.18 bits per heavy atom. The number of hydrogen-bond donors (Lipinski definition) is 0. The Bertz CT molecular complexity index is 415. The van der Waals surface area contributed by atoms with Gasteiger partial charge >= 0.3 is 0 Å². The monoisotopic (exact) mass is 252 g/mol. The van der Waals surface area contributed by atoms with Crippen molar-refractivity contribution in [2.45, 2.75) is 38.7 Å². The number of benzene rings is 1. The van der Waals surface area contributed by atoms with Gasteiger partial charge in [0.05, 0.1) is 5.88 Å². The Hall–Kier alpha value is -1.02. The summed E-state index contributed by atoms with van der Waals surface area (Å²) in [6.07, 6.45) is 4.15. The quantitative estimate of drug-likeness (QED) is 0.770. The Balaban J connectivity index is 2.18. The second-order valence-corrected chi connectivity index (χ2v) is 4.73. The van der Waals surface area contributed by atoms with Gasteiger partial charge in [-0.2, -0.15) is 0 Å². The van der Waals surface area contributed by atoms with Gasteiger partial charge in [-0.05, 0) is 49.8 Å². The topological polar surface area (TPSA) is 26.3 Å². The Morgan fingerprint density at radius 1 is 1.41 bits per heavy atom. The van der Waals surface area contributed by atoms with Gasteiger partial charge in [-0.1, -0.05) is 12.1 Å². The van der Waals surface area contributed by atoms with E-state index in [2.05, 4.69) is 6.07 Å². The lowest BCUT2D eigenvalue weighted by Crippen LogP contribution is -2.25. The van der Waals surface area contributed by atoms with Gasteiger partial charge < -0.3 is 4.74 Å². The summed E-state index contributed by atoms with van der Waals surface area (Å²) in [5.41, 5.74) is 2.63. The molecule has 2 rings (SSSR count). The molecule has 0 spiro atoms. The Morgan fingerprint density at radius 3 is 2.94 bits per heavy atom. The minimum atomic E-state index is -0.457. The van der Waals surface area contributed by atoms with Crippen molar-refractivity contribution < 1.29 is 9.53 Å². The second-order valence-electron chi connectivity index (χ2n) is 4.46. The molecule has 1 unspecified atom stereocenters. The number of carbonyl (C=O) groups is 1. The maximum atomic E-state index is 11.4. The van der Waals surface area contributed by atoms with Crippen LogP contribution in [0.15, 0.2) is 18.2 Å². The highest BCUT2D eigenvalue weighted by atomic mass is 35.5. The van der Waals surface area contributed by atoms with E-state index in [1.54, 1.807) is 6.92 Å². The van der Waals surface area contributed by atoms with Crippen molar-refractivity contribution in [3.05, 3.63) is 29.3 Å². The summed E-state index contributed by atoms with van der Waals surface area (Å²) in [7, 11) is 0. The van der Waals surface area contributed by atoms with E-state index >= 15 is 0 Å². The summed E-state index contributed by atoms with van der Waals surface area (Å²) < 4.78 is 5.73. The minimum Gasteiger partial charge on any atom is -0.483 e. The van der Waals surface area contributed by atoms with Crippen LogP contribution in [-0.4, -0.2) is 17.8 Å². The smallest absolute Gasteiger partial charge is 0.187 e. The maximum Gasteiger partial charge on any atom is 0.187 e. The van der Waals surface area contributed by atoms with Crippen molar-refractivity contribution in [2.24, 2.45) is 0 Å². The van der Waals surface area contributed by atoms with Crippen LogP contribution in [0.1, 0.15) is 30.9 Å². The summed E-state index contributed by atoms with van der Waals surface area (Å²) in [4.78, 5) is 11.4. The zero-order valence-electron chi connectivity index (χ0n) is 10.0. The number of rotatable bonds is 4. The van der Waals surface area contributed by atoms with Crippen molar-refractivity contribution in [1.29, 1.82) is 0 Å². The molecule has 0 bridgehead atoms. The SMILES string of the molecule is CC(Oc1cccc2c1CCCC2)C(=O)CCl. The third-order valence-corrected chi connectivity index (χ3v) is 3.51. The van der Waals surface area contributed by atoms with Crippen LogP contribution in [-0.2, 0) is 17.6 Å². The van der Waals surface area contributed by atoms with Gasteiger partial charge in [0.15, 0.2) is 11.9 Å². The lowest BCUT2D eigenvalue weighted by molar-refractivity contribution is -0.122. The number of ketones is 1. The normalized spacial score (nSPS) is 16.1. The van der Waals surface area contributed by atoms with E-state index in [1.165, 1.54) is 24.0 Å². The minimum absolute atomic E-state index is 0.0101. The van der Waals surface area contributed by atoms with Gasteiger partial charge in [-0.3, -0.25) is 4.79 Å². The van der Waals surface area contributed by atoms with E-state index in [-0.39, 0.29) is 11.7 Å². The highest BCUT2D eigenvalue weighted by Crippen LogP contribution is 2.30. The molecule has 0 N–H and O–H groups in total. The number of alkyl halides is 1. The molecule has 0 heterocycles. The number of ether oxygens (including phenoxy) is 1. The summed E-state index contributed by atoms with van der Waals surface area (Å²) in [6.45, 7) is 1.76. The molecule has 0 aliphatic heterocycles. The van der Waals surface area contributed by atoms with E-state index < -0.39 is 6.10 Å². The first kappa shape index (κ1) is 12.4. The van der Waals surface area contributed by atoms with Crippen LogP contribution in [0.4, 0.5) is 0 Å². The van der Waals surface area contributed by atoms with Gasteiger partial charge in [0.25, 0.3) is 0 Å². The molecule has 0 saturated heterocycles. The predicted octanol–water partition coefficient (Wildman–Crippen LogP) is 3.14. The molecule has 1 aliphatic rings. The standard InChI is InChI=1S/C14H17ClO2/c1-10(13(16)9-15)17-14-8-4-6-11-5-2-3-7-12(11)14/h4,6,8,10H,2-3,5,7,9H2,1H3. The first-order chi connectivity index (χ1) is 8.22. The van der Waals surface area contributed by atoms with E-state index in [0.717, 1.165) is 18.6 Å². The lowest BCUT2D eigenvalue weighted by Gasteiger charge is -2.21. The van der Waals surface area contributed by atoms with Crippen LogP contribution in [0.3, 0.4) is 0 Å². The molecule has 0 fully saturated rings. The molecule has 92 valence electrons. The summed E-state index contributed by atoms with van der Waals surface area (Å²) in [5, 5.41) is 0. The third-order valence-electron chi connectivity index (χ3n) is 3.24. The molecular weight excluding hydrogens is 236 g/mol. The van der Waals surface area contributed by atoms with Crippen molar-refractivity contribution in [2.75, 3.05) is 5.88 Å². The molecule has 0 radical (unpaired) electrons. The van der Waals surface area contributed by atoms with E-state index in [0.29, 0.717) is 0 Å². The van der Waals surface area contributed by atoms with E-state index in [4.69, 9.17) is 16.3 Å². The highest BCUT2D eigenvalue weighted by molar-refractivity contribution is 6.28. The number of halogens is 1. The van der Waals surface area contributed by atoms with Crippen LogP contribution in [0.25, 0.3) is 0 Å². The van der Waals surface area contributed by atoms with Gasteiger partial charge in [0.1, 0.15) is 5.75 Å². The molecule has 3 heteroatoms. The van der Waals surface area contributed by atoms with Gasteiger partial charge in [-0.25, -0.2) is 0 Å². The molecule has 1 aromatic carbocycles. The van der Waals surface area contributed by atoms with Crippen LogP contribution in [0, 0.1) is 0 Å². The zero-order valence-corrected chi connectivity index (χ0v) is 10.8. The maximum absolute atomic E-state index is 11.4. The molecule has 1 aliphatic carbocycles. The van der Waals surface area contributed by atoms with Gasteiger partial charge in [-0.15, -0.1) is 11.6 Å². The lowest BCUT2D eigenvalue weighted by atomic mass is 9.91. The Kier molecular flexibility index (Phi) is 4.06. The van der Waals surface area contributed by atoms with Crippen molar-refractivity contribution in [1.82, 2.24) is 0 Å². The number of hydrogen-bond acceptors (Lipinski definition) is 2. The van der Waals surface area contributed by atoms with Crippen molar-refractivity contribution in [3.8, 4) is 5.75 Å². The first-order valence-corrected chi connectivity index (χ1v) is 6.62. The van der Waals surface area contributed by atoms with E-state index in [1.807, 2.05) is 12.1 Å². The zero-order chi connectivity index (χ0) is 12.3. The summed E-state index contributed by atoms with van der Waals surface area (Å²) in [5.74, 6) is 0.796. The van der Waals surface area contributed by atoms with Crippen LogP contribution in [0.5, 0.6) is 5.75 Å². The number of aryl methyl sites for hydroxylation is 1. The fourth-order valence-electron chi connectivity index (χ4n) is 2.22. The molecule has 2 nitrogen and oxygen atoms in total. The van der Waals surface area contributed by atoms with Crippen LogP contribution >= 0.6 is 11.6 Å². The van der Waals surface area contributed by atoms with Crippen LogP contribution < -0.4 is 4.74 Å². The van der Waals surface area contributed by atoms with Gasteiger partial charge in [0.2, 0.25) is 0 Å². The fourth-order valence-corrected chi connectivity index (χ4v) is 2.44. The molecule has 1 aromatic rings. The van der Waals surface area contributed by atoms with Crippen molar-refractivity contribution in [3.63, 3.8) is 0 Å². The first-order valence-electron chi connectivity index (χ1n) is 6.08. The van der Waals surface area contributed by atoms with Gasteiger partial charge in [0, 0.05) is 0 Å². The third kappa shape index (κ3) is 2.81. The average molecular weight is 253 g/mol. The van der Waals surface area contributed by atoms with Crippen LogP contribution in [0.2, 0.25) is 0 Å². The number of Topliss-reactive ketones (excluding diaryl/α,β-unsaturated/α-hetero) is 1. The highest BCUT2D eigenvalue weighted by Gasteiger charge is 2.18. The molecule has 17 heavy (non-hydrogen) atoms. The fraction of sp³-hybridized carbons (Fsp3) is 0.500. The molecule has 0 saturated carbocycles. The van der Waals surface area contributed by atoms with Crippen molar-refractivity contribution >= 4 is 17.4 Å². The van der Waals surface area contributed by atoms with E-state index in [9.17, 15) is 4.79 Å². The molecular formula is C14H17ClO2. The number of fused-ring (bicyclic) bond motifs is 1. The largest absolute Gasteiger partial charge is 0.483 e. The average Bonchev–Trinajstić information content (AvgIpc) is 2.38. The predicted molar refractivity (Wildman–Crippen MR) is 68.9 cm³/mol. The summed E-state index contributed by atoms with van der Waals surface area (Å²) in [6, 6.07) is 6.09. The molecule has 0 amide bonds. The second kappa shape index (κ2) is 5.54. The Labute approximate surface area is 107 Å².